The second-order valence-electron chi connectivity index (χ2n) is 7.20. The number of hydrogen-bond donors (Lipinski definition) is 1. The van der Waals surface area contributed by atoms with Gasteiger partial charge in [-0.15, -0.1) is 0 Å². The first-order valence-corrected chi connectivity index (χ1v) is 9.66. The van der Waals surface area contributed by atoms with Crippen molar-refractivity contribution >= 4 is 11.7 Å². The standard InChI is InChI=1S/C22H26F3NO4/c1-15(2)30-20(21(27)28)13-17-4-3-5-19(12-17)26-10-11-29-14-16-6-8-18(9-7-16)22(23,24)25/h3-9,15,20H,10-14H2,1-2H3,(H,27,28). The van der Waals surface area contributed by atoms with E-state index in [1.807, 2.05) is 18.2 Å². The van der Waals surface area contributed by atoms with Crippen molar-refractivity contribution in [1.82, 2.24) is 0 Å². The van der Waals surface area contributed by atoms with Crippen molar-refractivity contribution in [1.29, 1.82) is 0 Å². The molecule has 164 valence electrons. The third-order valence-electron chi connectivity index (χ3n) is 4.29. The Morgan fingerprint density at radius 2 is 1.93 bits per heavy atom. The minimum Gasteiger partial charge on any atom is -0.479 e. The second-order valence-corrected chi connectivity index (χ2v) is 7.20. The molecule has 1 atom stereocenters. The van der Waals surface area contributed by atoms with Crippen LogP contribution in [0.1, 0.15) is 37.8 Å². The number of hydrogen-bond acceptors (Lipinski definition) is 4. The van der Waals surface area contributed by atoms with Gasteiger partial charge < -0.3 is 14.6 Å². The van der Waals surface area contributed by atoms with Crippen LogP contribution in [0.2, 0.25) is 0 Å². The van der Waals surface area contributed by atoms with E-state index < -0.39 is 23.8 Å². The molecule has 1 N–H and O–H groups in total. The lowest BCUT2D eigenvalue weighted by molar-refractivity contribution is -0.153. The second kappa shape index (κ2) is 11.1. The third-order valence-corrected chi connectivity index (χ3v) is 4.29. The molecule has 0 fully saturated rings. The van der Waals surface area contributed by atoms with Crippen LogP contribution in [0.5, 0.6) is 0 Å². The molecule has 0 saturated carbocycles. The first-order valence-electron chi connectivity index (χ1n) is 9.66. The quantitative estimate of drug-likeness (QED) is 0.546. The number of carbonyl (C=O) groups is 1. The fourth-order valence-electron chi connectivity index (χ4n) is 2.89. The number of aliphatic imine (C=N–C) groups is 1. The van der Waals surface area contributed by atoms with Crippen LogP contribution in [0.25, 0.3) is 0 Å². The Labute approximate surface area is 173 Å². The van der Waals surface area contributed by atoms with E-state index in [9.17, 15) is 23.1 Å². The Morgan fingerprint density at radius 1 is 1.23 bits per heavy atom. The molecule has 1 aliphatic rings. The number of carboxylic acids is 1. The lowest BCUT2D eigenvalue weighted by atomic mass is 9.97. The van der Waals surface area contributed by atoms with Crippen LogP contribution in [-0.2, 0) is 27.1 Å². The molecule has 0 aromatic heterocycles. The fraction of sp³-hybridized carbons (Fsp3) is 0.455. The summed E-state index contributed by atoms with van der Waals surface area (Å²) in [5.74, 6) is -0.991. The monoisotopic (exact) mass is 425 g/mol. The van der Waals surface area contributed by atoms with E-state index in [-0.39, 0.29) is 12.7 Å². The topological polar surface area (TPSA) is 68.1 Å². The molecule has 0 saturated heterocycles. The molecule has 0 aliphatic heterocycles. The number of ether oxygens (including phenoxy) is 2. The normalized spacial score (nSPS) is 16.7. The van der Waals surface area contributed by atoms with Gasteiger partial charge in [0.25, 0.3) is 0 Å². The van der Waals surface area contributed by atoms with Gasteiger partial charge in [-0.05, 0) is 37.6 Å². The maximum atomic E-state index is 12.5. The Balaban J connectivity index is 1.76. The fourth-order valence-corrected chi connectivity index (χ4v) is 2.89. The number of aliphatic carboxylic acids is 1. The lowest BCUT2D eigenvalue weighted by Crippen LogP contribution is -2.28. The van der Waals surface area contributed by atoms with Crippen LogP contribution < -0.4 is 0 Å². The van der Waals surface area contributed by atoms with Gasteiger partial charge in [0.2, 0.25) is 0 Å². The largest absolute Gasteiger partial charge is 0.479 e. The SMILES string of the molecule is CC(C)OC(CC1=CC=CC(=NCCOCc2ccc(C(F)(F)F)cc2)C1)C(=O)O. The van der Waals surface area contributed by atoms with Gasteiger partial charge in [-0.2, -0.15) is 13.2 Å². The summed E-state index contributed by atoms with van der Waals surface area (Å²) in [5, 5.41) is 9.30. The highest BCUT2D eigenvalue weighted by atomic mass is 19.4. The number of nitrogens with zero attached hydrogens (tertiary/aromatic N) is 1. The first kappa shape index (κ1) is 23.8. The molecule has 0 radical (unpaired) electrons. The maximum Gasteiger partial charge on any atom is 0.416 e. The zero-order chi connectivity index (χ0) is 22.1. The van der Waals surface area contributed by atoms with E-state index in [2.05, 4.69) is 4.99 Å². The maximum absolute atomic E-state index is 12.5. The first-order chi connectivity index (χ1) is 14.1. The minimum atomic E-state index is -4.35. The molecule has 1 unspecified atom stereocenters. The summed E-state index contributed by atoms with van der Waals surface area (Å²) in [6.45, 7) is 4.52. The number of carboxylic acid groups (broad SMARTS) is 1. The smallest absolute Gasteiger partial charge is 0.416 e. The number of allylic oxidation sites excluding steroid dienone is 3. The van der Waals surface area contributed by atoms with Gasteiger partial charge in [-0.3, -0.25) is 4.99 Å². The van der Waals surface area contributed by atoms with Crippen molar-refractivity contribution in [2.75, 3.05) is 13.2 Å². The molecule has 8 heteroatoms. The Kier molecular flexibility index (Phi) is 8.80. The van der Waals surface area contributed by atoms with Crippen molar-refractivity contribution in [2.24, 2.45) is 4.99 Å². The van der Waals surface area contributed by atoms with Gasteiger partial charge in [0, 0.05) is 18.6 Å². The molecule has 1 aliphatic carbocycles. The minimum absolute atomic E-state index is 0.180. The number of rotatable bonds is 10. The van der Waals surface area contributed by atoms with Gasteiger partial charge in [-0.25, -0.2) is 4.79 Å². The van der Waals surface area contributed by atoms with Gasteiger partial charge in [0.05, 0.1) is 31.4 Å². The molecule has 2 rings (SSSR count). The average molecular weight is 425 g/mol. The van der Waals surface area contributed by atoms with Gasteiger partial charge in [-0.1, -0.05) is 29.9 Å². The molecule has 0 heterocycles. The summed E-state index contributed by atoms with van der Waals surface area (Å²) >= 11 is 0. The van der Waals surface area contributed by atoms with Crippen molar-refractivity contribution in [3.05, 3.63) is 59.2 Å². The van der Waals surface area contributed by atoms with E-state index in [1.54, 1.807) is 13.8 Å². The van der Waals surface area contributed by atoms with Crippen LogP contribution in [-0.4, -0.2) is 42.1 Å². The average Bonchev–Trinajstić information content (AvgIpc) is 2.67. The summed E-state index contributed by atoms with van der Waals surface area (Å²) < 4.78 is 48.6. The van der Waals surface area contributed by atoms with Gasteiger partial charge in [0.1, 0.15) is 0 Å². The van der Waals surface area contributed by atoms with Crippen molar-refractivity contribution in [2.45, 2.75) is 51.7 Å². The summed E-state index contributed by atoms with van der Waals surface area (Å²) in [7, 11) is 0. The number of benzene rings is 1. The summed E-state index contributed by atoms with van der Waals surface area (Å²) in [6.07, 6.45) is 0.980. The van der Waals surface area contributed by atoms with E-state index in [4.69, 9.17) is 9.47 Å². The van der Waals surface area contributed by atoms with E-state index in [1.165, 1.54) is 12.1 Å². The molecule has 1 aromatic carbocycles. The number of halogens is 3. The summed E-state index contributed by atoms with van der Waals surface area (Å²) in [6, 6.07) is 4.86. The van der Waals surface area contributed by atoms with E-state index >= 15 is 0 Å². The van der Waals surface area contributed by atoms with Crippen LogP contribution in [0.15, 0.2) is 53.1 Å². The molecule has 1 aromatic rings. The Bertz CT molecular complexity index is 796. The molecule has 30 heavy (non-hydrogen) atoms. The van der Waals surface area contributed by atoms with Crippen LogP contribution in [0.3, 0.4) is 0 Å². The molecular weight excluding hydrogens is 399 g/mol. The van der Waals surface area contributed by atoms with E-state index in [0.29, 0.717) is 31.6 Å². The predicted octanol–water partition coefficient (Wildman–Crippen LogP) is 4.82. The van der Waals surface area contributed by atoms with Crippen molar-refractivity contribution < 1.29 is 32.5 Å². The zero-order valence-electron chi connectivity index (χ0n) is 17.0. The summed E-state index contributed by atoms with van der Waals surface area (Å²) in [5.41, 5.74) is 1.71. The predicted molar refractivity (Wildman–Crippen MR) is 108 cm³/mol. The Morgan fingerprint density at radius 3 is 2.53 bits per heavy atom. The molecule has 0 bridgehead atoms. The zero-order valence-corrected chi connectivity index (χ0v) is 17.0. The summed E-state index contributed by atoms with van der Waals surface area (Å²) in [4.78, 5) is 15.8. The van der Waals surface area contributed by atoms with Crippen LogP contribution in [0.4, 0.5) is 13.2 Å². The lowest BCUT2D eigenvalue weighted by Gasteiger charge is -2.19. The van der Waals surface area contributed by atoms with Crippen molar-refractivity contribution in [3.63, 3.8) is 0 Å². The van der Waals surface area contributed by atoms with Gasteiger partial charge in [0.15, 0.2) is 6.10 Å². The van der Waals surface area contributed by atoms with Crippen molar-refractivity contribution in [3.8, 4) is 0 Å². The van der Waals surface area contributed by atoms with E-state index in [0.717, 1.165) is 23.4 Å². The highest BCUT2D eigenvalue weighted by Crippen LogP contribution is 2.29. The molecule has 0 amide bonds. The van der Waals surface area contributed by atoms with Crippen LogP contribution >= 0.6 is 0 Å². The number of alkyl halides is 3. The highest BCUT2D eigenvalue weighted by molar-refractivity contribution is 5.98. The molecule has 5 nitrogen and oxygen atoms in total. The van der Waals surface area contributed by atoms with Gasteiger partial charge >= 0.3 is 12.1 Å². The third kappa shape index (κ3) is 8.12. The molecule has 0 spiro atoms. The van der Waals surface area contributed by atoms with Crippen LogP contribution in [0, 0.1) is 0 Å². The molecular formula is C22H26F3NO4. The highest BCUT2D eigenvalue weighted by Gasteiger charge is 2.29. The Hall–Kier alpha value is -2.45.